The van der Waals surface area contributed by atoms with Crippen molar-refractivity contribution in [1.82, 2.24) is 0 Å². The molecule has 0 aliphatic rings. The van der Waals surface area contributed by atoms with Crippen LogP contribution in [0, 0.1) is 0 Å². The zero-order chi connectivity index (χ0) is 13.1. The minimum Gasteiger partial charge on any atom is -0.478 e. The highest BCUT2D eigenvalue weighted by Crippen LogP contribution is 2.30. The highest BCUT2D eigenvalue weighted by atomic mass is 35.5. The Kier molecular flexibility index (Phi) is 3.94. The Morgan fingerprint density at radius 1 is 1.17 bits per heavy atom. The van der Waals surface area contributed by atoms with E-state index in [0.29, 0.717) is 5.56 Å². The molecule has 0 heterocycles. The van der Waals surface area contributed by atoms with Gasteiger partial charge in [0, 0.05) is 4.90 Å². The van der Waals surface area contributed by atoms with Gasteiger partial charge in [-0.05, 0) is 35.6 Å². The molecule has 0 radical (unpaired) electrons. The van der Waals surface area contributed by atoms with E-state index in [1.54, 1.807) is 30.0 Å². The maximum atomic E-state index is 11.3. The van der Waals surface area contributed by atoms with Crippen molar-refractivity contribution in [2.75, 3.05) is 6.26 Å². The maximum Gasteiger partial charge on any atom is 0.337 e. The Bertz CT molecular complexity index is 579. The lowest BCUT2D eigenvalue weighted by Gasteiger charge is -2.08. The van der Waals surface area contributed by atoms with Gasteiger partial charge in [0.15, 0.2) is 0 Å². The molecule has 0 aliphatic carbocycles. The van der Waals surface area contributed by atoms with Crippen LogP contribution in [0.4, 0.5) is 0 Å². The van der Waals surface area contributed by atoms with Gasteiger partial charge in [0.2, 0.25) is 0 Å². The van der Waals surface area contributed by atoms with Crippen LogP contribution in [0.3, 0.4) is 0 Å². The van der Waals surface area contributed by atoms with E-state index in [4.69, 9.17) is 11.6 Å². The number of thioether (sulfide) groups is 1. The summed E-state index contributed by atoms with van der Waals surface area (Å²) in [6, 6.07) is 12.9. The van der Waals surface area contributed by atoms with Crippen molar-refractivity contribution in [3.05, 3.63) is 53.1 Å². The molecule has 0 unspecified atom stereocenters. The lowest BCUT2D eigenvalue weighted by atomic mass is 10.00. The number of hydrogen-bond acceptors (Lipinski definition) is 2. The molecule has 0 aliphatic heterocycles. The summed E-state index contributed by atoms with van der Waals surface area (Å²) in [4.78, 5) is 12.4. The van der Waals surface area contributed by atoms with Gasteiger partial charge < -0.3 is 5.11 Å². The highest BCUT2D eigenvalue weighted by Gasteiger charge is 2.15. The molecule has 4 heteroatoms. The number of rotatable bonds is 3. The van der Waals surface area contributed by atoms with Crippen molar-refractivity contribution >= 4 is 29.3 Å². The molecule has 18 heavy (non-hydrogen) atoms. The average Bonchev–Trinajstić information content (AvgIpc) is 2.38. The van der Waals surface area contributed by atoms with Gasteiger partial charge in [0.25, 0.3) is 0 Å². The largest absolute Gasteiger partial charge is 0.478 e. The monoisotopic (exact) mass is 278 g/mol. The predicted octanol–water partition coefficient (Wildman–Crippen LogP) is 4.43. The molecule has 0 fully saturated rings. The Labute approximate surface area is 115 Å². The first-order valence-electron chi connectivity index (χ1n) is 5.29. The van der Waals surface area contributed by atoms with E-state index in [1.165, 1.54) is 0 Å². The summed E-state index contributed by atoms with van der Waals surface area (Å²) in [5.41, 5.74) is 1.64. The van der Waals surface area contributed by atoms with Gasteiger partial charge in [-0.15, -0.1) is 11.8 Å². The number of benzene rings is 2. The third kappa shape index (κ3) is 2.52. The van der Waals surface area contributed by atoms with Crippen LogP contribution in [-0.2, 0) is 0 Å². The molecule has 0 aromatic heterocycles. The fraction of sp³-hybridized carbons (Fsp3) is 0.0714. The molecule has 0 atom stereocenters. The van der Waals surface area contributed by atoms with Crippen LogP contribution in [0.15, 0.2) is 47.4 Å². The molecule has 2 nitrogen and oxygen atoms in total. The SMILES string of the molecule is CSc1ccc(-c2cccc(Cl)c2C(=O)O)cc1. The molecule has 2 rings (SSSR count). The molecule has 2 aromatic carbocycles. The van der Waals surface area contributed by atoms with Crippen molar-refractivity contribution < 1.29 is 9.90 Å². The third-order valence-corrected chi connectivity index (χ3v) is 3.69. The molecular formula is C14H11ClO2S. The van der Waals surface area contributed by atoms with E-state index < -0.39 is 5.97 Å². The highest BCUT2D eigenvalue weighted by molar-refractivity contribution is 7.98. The van der Waals surface area contributed by atoms with Crippen LogP contribution in [0.2, 0.25) is 5.02 Å². The second kappa shape index (κ2) is 5.46. The molecular weight excluding hydrogens is 268 g/mol. The zero-order valence-electron chi connectivity index (χ0n) is 9.68. The normalized spacial score (nSPS) is 10.3. The molecule has 0 saturated carbocycles. The molecule has 0 saturated heterocycles. The summed E-state index contributed by atoms with van der Waals surface area (Å²) >= 11 is 7.59. The summed E-state index contributed by atoms with van der Waals surface area (Å²) in [6.45, 7) is 0. The Hall–Kier alpha value is -1.45. The van der Waals surface area contributed by atoms with Crippen LogP contribution in [0.1, 0.15) is 10.4 Å². The minimum atomic E-state index is -1.01. The summed E-state index contributed by atoms with van der Waals surface area (Å²) in [7, 11) is 0. The molecule has 1 N–H and O–H groups in total. The number of carbonyl (C=O) groups is 1. The van der Waals surface area contributed by atoms with Crippen molar-refractivity contribution in [2.45, 2.75) is 4.90 Å². The second-order valence-corrected chi connectivity index (χ2v) is 4.98. The summed E-state index contributed by atoms with van der Waals surface area (Å²) in [5, 5.41) is 9.48. The van der Waals surface area contributed by atoms with E-state index in [1.807, 2.05) is 30.5 Å². The Morgan fingerprint density at radius 3 is 2.39 bits per heavy atom. The Morgan fingerprint density at radius 2 is 1.83 bits per heavy atom. The third-order valence-electron chi connectivity index (χ3n) is 2.63. The van der Waals surface area contributed by atoms with E-state index in [9.17, 15) is 9.90 Å². The lowest BCUT2D eigenvalue weighted by Crippen LogP contribution is -2.00. The smallest absolute Gasteiger partial charge is 0.337 e. The number of carboxylic acids is 1. The fourth-order valence-corrected chi connectivity index (χ4v) is 2.42. The zero-order valence-corrected chi connectivity index (χ0v) is 11.3. The second-order valence-electron chi connectivity index (χ2n) is 3.70. The van der Waals surface area contributed by atoms with Crippen molar-refractivity contribution in [1.29, 1.82) is 0 Å². The first-order chi connectivity index (χ1) is 8.63. The number of hydrogen-bond donors (Lipinski definition) is 1. The molecule has 0 spiro atoms. The molecule has 0 bridgehead atoms. The number of aromatic carboxylic acids is 1. The minimum absolute atomic E-state index is 0.149. The van der Waals surface area contributed by atoms with Crippen molar-refractivity contribution in [2.24, 2.45) is 0 Å². The first-order valence-corrected chi connectivity index (χ1v) is 6.90. The molecule has 2 aromatic rings. The van der Waals surface area contributed by atoms with Crippen LogP contribution >= 0.6 is 23.4 Å². The van der Waals surface area contributed by atoms with Gasteiger partial charge in [-0.1, -0.05) is 35.9 Å². The van der Waals surface area contributed by atoms with Crippen LogP contribution < -0.4 is 0 Å². The first kappa shape index (κ1) is 13.0. The van der Waals surface area contributed by atoms with Crippen LogP contribution in [-0.4, -0.2) is 17.3 Å². The number of halogens is 1. The van der Waals surface area contributed by atoms with Gasteiger partial charge in [-0.25, -0.2) is 4.79 Å². The van der Waals surface area contributed by atoms with E-state index in [2.05, 4.69) is 0 Å². The molecule has 0 amide bonds. The van der Waals surface area contributed by atoms with E-state index in [0.717, 1.165) is 10.5 Å². The van der Waals surface area contributed by atoms with Crippen LogP contribution in [0.25, 0.3) is 11.1 Å². The van der Waals surface area contributed by atoms with E-state index >= 15 is 0 Å². The average molecular weight is 279 g/mol. The van der Waals surface area contributed by atoms with E-state index in [-0.39, 0.29) is 10.6 Å². The maximum absolute atomic E-state index is 11.3. The summed E-state index contributed by atoms with van der Waals surface area (Å²) in [5.74, 6) is -1.01. The predicted molar refractivity (Wildman–Crippen MR) is 75.6 cm³/mol. The Balaban J connectivity index is 2.56. The lowest BCUT2D eigenvalue weighted by molar-refractivity contribution is 0.0698. The van der Waals surface area contributed by atoms with Crippen molar-refractivity contribution in [3.8, 4) is 11.1 Å². The fourth-order valence-electron chi connectivity index (χ4n) is 1.75. The topological polar surface area (TPSA) is 37.3 Å². The van der Waals surface area contributed by atoms with Crippen LogP contribution in [0.5, 0.6) is 0 Å². The van der Waals surface area contributed by atoms with Gasteiger partial charge in [-0.3, -0.25) is 0 Å². The summed E-state index contributed by atoms with van der Waals surface area (Å²) < 4.78 is 0. The summed E-state index contributed by atoms with van der Waals surface area (Å²) in [6.07, 6.45) is 2.00. The quantitative estimate of drug-likeness (QED) is 0.844. The van der Waals surface area contributed by atoms with Gasteiger partial charge in [-0.2, -0.15) is 0 Å². The van der Waals surface area contributed by atoms with Gasteiger partial charge >= 0.3 is 5.97 Å². The number of carboxylic acid groups (broad SMARTS) is 1. The van der Waals surface area contributed by atoms with Gasteiger partial charge in [0.1, 0.15) is 0 Å². The standard InChI is InChI=1S/C14H11ClO2S/c1-18-10-7-5-9(6-8-10)11-3-2-4-12(15)13(11)14(16)17/h2-8H,1H3,(H,16,17). The molecule has 92 valence electrons. The van der Waals surface area contributed by atoms with Crippen molar-refractivity contribution in [3.63, 3.8) is 0 Å². The van der Waals surface area contributed by atoms with Gasteiger partial charge in [0.05, 0.1) is 10.6 Å².